The number of nitrogens with one attached hydrogen (secondary N) is 2. The number of aliphatic hydroxyl groups excluding tert-OH is 1. The van der Waals surface area contributed by atoms with Gasteiger partial charge in [-0.3, -0.25) is 9.59 Å². The highest BCUT2D eigenvalue weighted by Crippen LogP contribution is 2.38. The van der Waals surface area contributed by atoms with Crippen molar-refractivity contribution in [2.24, 2.45) is 5.73 Å². The molecule has 0 aromatic heterocycles. The van der Waals surface area contributed by atoms with Crippen molar-refractivity contribution < 1.29 is 23.5 Å². The third kappa shape index (κ3) is 10.2. The fourth-order valence-electron chi connectivity index (χ4n) is 5.75. The Hall–Kier alpha value is -2.84. The van der Waals surface area contributed by atoms with Crippen LogP contribution in [0.5, 0.6) is 0 Å². The zero-order valence-corrected chi connectivity index (χ0v) is 24.8. The molecule has 0 spiro atoms. The van der Waals surface area contributed by atoms with Crippen LogP contribution in [0.3, 0.4) is 0 Å². The standard InChI is InChI=1S/C33H47F2N3O3/c1-32(2,3)24-11-10-12-25(20-24)33(15-8-5-9-16-33)37-22-29(39)28(19-23-17-26(34)21-27(35)18-23)38-31(41)14-7-4-6-13-30(36)40/h10-12,17-18,20-21,28-29,37,39H,4-9,13-16,19,22H2,1-3H3,(H2,36,40)(H,38,41). The van der Waals surface area contributed by atoms with Crippen molar-refractivity contribution >= 4 is 11.8 Å². The number of hydrogen-bond acceptors (Lipinski definition) is 4. The topological polar surface area (TPSA) is 104 Å². The molecule has 2 unspecified atom stereocenters. The van der Waals surface area contributed by atoms with Gasteiger partial charge in [0.25, 0.3) is 0 Å². The number of benzene rings is 2. The smallest absolute Gasteiger partial charge is 0.220 e. The average Bonchev–Trinajstić information content (AvgIpc) is 2.90. The quantitative estimate of drug-likeness (QED) is 0.224. The van der Waals surface area contributed by atoms with E-state index in [0.29, 0.717) is 24.8 Å². The Labute approximate surface area is 243 Å². The van der Waals surface area contributed by atoms with E-state index in [1.54, 1.807) is 0 Å². The van der Waals surface area contributed by atoms with Gasteiger partial charge in [-0.2, -0.15) is 0 Å². The molecular weight excluding hydrogens is 524 g/mol. The maximum atomic E-state index is 13.9. The van der Waals surface area contributed by atoms with E-state index in [4.69, 9.17) is 5.73 Å². The molecule has 0 heterocycles. The summed E-state index contributed by atoms with van der Waals surface area (Å²) in [6, 6.07) is 11.2. The molecule has 1 fully saturated rings. The summed E-state index contributed by atoms with van der Waals surface area (Å²) < 4.78 is 27.9. The number of carbonyl (C=O) groups is 2. The van der Waals surface area contributed by atoms with E-state index in [1.807, 2.05) is 0 Å². The Balaban J connectivity index is 1.75. The molecule has 2 aromatic carbocycles. The van der Waals surface area contributed by atoms with Gasteiger partial charge in [-0.05, 0) is 66.3 Å². The summed E-state index contributed by atoms with van der Waals surface area (Å²) in [5, 5.41) is 18.0. The number of unbranched alkanes of at least 4 members (excludes halogenated alkanes) is 2. The van der Waals surface area contributed by atoms with Gasteiger partial charge in [0.15, 0.2) is 0 Å². The van der Waals surface area contributed by atoms with Crippen LogP contribution in [-0.4, -0.2) is 35.6 Å². The molecule has 1 aliphatic rings. The van der Waals surface area contributed by atoms with E-state index in [1.165, 1.54) is 23.3 Å². The second-order valence-electron chi connectivity index (χ2n) is 12.6. The molecule has 0 aliphatic heterocycles. The number of amides is 2. The lowest BCUT2D eigenvalue weighted by atomic mass is 9.74. The largest absolute Gasteiger partial charge is 0.390 e. The Morgan fingerprint density at radius 3 is 2.27 bits per heavy atom. The second kappa shape index (κ2) is 14.9. The highest BCUT2D eigenvalue weighted by molar-refractivity contribution is 5.76. The summed E-state index contributed by atoms with van der Waals surface area (Å²) in [6.07, 6.45) is 6.61. The molecule has 226 valence electrons. The van der Waals surface area contributed by atoms with Gasteiger partial charge < -0.3 is 21.5 Å². The number of aliphatic hydroxyl groups is 1. The lowest BCUT2D eigenvalue weighted by Crippen LogP contribution is -2.53. The molecular formula is C33H47F2N3O3. The summed E-state index contributed by atoms with van der Waals surface area (Å²) >= 11 is 0. The molecule has 0 radical (unpaired) electrons. The Morgan fingerprint density at radius 1 is 0.976 bits per heavy atom. The van der Waals surface area contributed by atoms with Crippen LogP contribution in [0.4, 0.5) is 8.78 Å². The molecule has 6 nitrogen and oxygen atoms in total. The lowest BCUT2D eigenvalue weighted by Gasteiger charge is -2.41. The fourth-order valence-corrected chi connectivity index (χ4v) is 5.75. The number of primary amides is 1. The van der Waals surface area contributed by atoms with Crippen molar-refractivity contribution in [3.63, 3.8) is 0 Å². The maximum Gasteiger partial charge on any atom is 0.220 e. The van der Waals surface area contributed by atoms with E-state index >= 15 is 0 Å². The summed E-state index contributed by atoms with van der Waals surface area (Å²) in [7, 11) is 0. The molecule has 1 saturated carbocycles. The molecule has 3 rings (SSSR count). The Kier molecular flexibility index (Phi) is 11.9. The van der Waals surface area contributed by atoms with Crippen LogP contribution < -0.4 is 16.4 Å². The monoisotopic (exact) mass is 571 g/mol. The van der Waals surface area contributed by atoms with Crippen LogP contribution in [0.25, 0.3) is 0 Å². The molecule has 2 atom stereocenters. The van der Waals surface area contributed by atoms with Crippen LogP contribution in [0.2, 0.25) is 0 Å². The van der Waals surface area contributed by atoms with Crippen molar-refractivity contribution in [3.05, 3.63) is 70.8 Å². The zero-order valence-electron chi connectivity index (χ0n) is 24.8. The molecule has 8 heteroatoms. The summed E-state index contributed by atoms with van der Waals surface area (Å²) in [5.74, 6) is -2.03. The Morgan fingerprint density at radius 2 is 1.63 bits per heavy atom. The number of nitrogens with two attached hydrogens (primary N) is 1. The third-order valence-corrected chi connectivity index (χ3v) is 8.15. The van der Waals surface area contributed by atoms with E-state index < -0.39 is 23.8 Å². The Bertz CT molecular complexity index is 1140. The number of rotatable bonds is 14. The van der Waals surface area contributed by atoms with Gasteiger partial charge >= 0.3 is 0 Å². The number of halogens is 2. The van der Waals surface area contributed by atoms with E-state index in [0.717, 1.165) is 38.2 Å². The minimum Gasteiger partial charge on any atom is -0.390 e. The zero-order chi connectivity index (χ0) is 30.0. The number of hydrogen-bond donors (Lipinski definition) is 4. The van der Waals surface area contributed by atoms with Crippen LogP contribution in [0.1, 0.15) is 102 Å². The predicted octanol–water partition coefficient (Wildman–Crippen LogP) is 5.54. The first-order valence-corrected chi connectivity index (χ1v) is 14.9. The first-order chi connectivity index (χ1) is 19.4. The molecule has 41 heavy (non-hydrogen) atoms. The van der Waals surface area contributed by atoms with Gasteiger partial charge in [0, 0.05) is 31.0 Å². The van der Waals surface area contributed by atoms with E-state index in [9.17, 15) is 23.5 Å². The van der Waals surface area contributed by atoms with Crippen LogP contribution in [-0.2, 0) is 27.0 Å². The number of carbonyl (C=O) groups excluding carboxylic acids is 2. The van der Waals surface area contributed by atoms with E-state index in [2.05, 4.69) is 55.7 Å². The van der Waals surface area contributed by atoms with Crippen molar-refractivity contribution in [2.75, 3.05) is 6.54 Å². The molecule has 2 aromatic rings. The van der Waals surface area contributed by atoms with Crippen LogP contribution >= 0.6 is 0 Å². The minimum atomic E-state index is -0.996. The van der Waals surface area contributed by atoms with E-state index in [-0.39, 0.29) is 48.6 Å². The first-order valence-electron chi connectivity index (χ1n) is 14.9. The first kappa shape index (κ1) is 32.7. The molecule has 1 aliphatic carbocycles. The van der Waals surface area contributed by atoms with Crippen molar-refractivity contribution in [1.82, 2.24) is 10.6 Å². The lowest BCUT2D eigenvalue weighted by molar-refractivity contribution is -0.122. The van der Waals surface area contributed by atoms with Gasteiger partial charge in [-0.15, -0.1) is 0 Å². The van der Waals surface area contributed by atoms with Crippen LogP contribution in [0.15, 0.2) is 42.5 Å². The van der Waals surface area contributed by atoms with Crippen molar-refractivity contribution in [1.29, 1.82) is 0 Å². The van der Waals surface area contributed by atoms with Gasteiger partial charge in [0.2, 0.25) is 11.8 Å². The highest BCUT2D eigenvalue weighted by atomic mass is 19.1. The summed E-state index contributed by atoms with van der Waals surface area (Å²) in [5.41, 5.74) is 7.67. The maximum absolute atomic E-state index is 13.9. The van der Waals surface area contributed by atoms with Gasteiger partial charge in [-0.25, -0.2) is 8.78 Å². The van der Waals surface area contributed by atoms with Gasteiger partial charge in [0.1, 0.15) is 11.6 Å². The summed E-state index contributed by atoms with van der Waals surface area (Å²) in [6.45, 7) is 6.78. The van der Waals surface area contributed by atoms with Gasteiger partial charge in [-0.1, -0.05) is 70.7 Å². The van der Waals surface area contributed by atoms with Gasteiger partial charge in [0.05, 0.1) is 12.1 Å². The molecule has 0 saturated heterocycles. The fraction of sp³-hybridized carbons (Fsp3) is 0.576. The molecule has 5 N–H and O–H groups in total. The second-order valence-corrected chi connectivity index (χ2v) is 12.6. The highest BCUT2D eigenvalue weighted by Gasteiger charge is 2.35. The van der Waals surface area contributed by atoms with Crippen molar-refractivity contribution in [2.45, 2.75) is 114 Å². The SMILES string of the molecule is CC(C)(C)c1cccc(C2(NCC(O)C(Cc3cc(F)cc(F)c3)NC(=O)CCCCCC(N)=O)CCCCC2)c1. The predicted molar refractivity (Wildman–Crippen MR) is 158 cm³/mol. The summed E-state index contributed by atoms with van der Waals surface area (Å²) in [4.78, 5) is 23.8. The molecule has 0 bridgehead atoms. The van der Waals surface area contributed by atoms with Crippen LogP contribution in [0, 0.1) is 11.6 Å². The van der Waals surface area contributed by atoms with Crippen molar-refractivity contribution in [3.8, 4) is 0 Å². The normalized spacial score (nSPS) is 16.6. The molecule has 2 amide bonds. The minimum absolute atomic E-state index is 0.000829. The average molecular weight is 572 g/mol. The third-order valence-electron chi connectivity index (χ3n) is 8.15.